The van der Waals surface area contributed by atoms with Crippen molar-refractivity contribution in [2.24, 2.45) is 11.8 Å². The number of amides is 1. The van der Waals surface area contributed by atoms with Crippen LogP contribution < -0.4 is 5.32 Å². The third-order valence-corrected chi connectivity index (χ3v) is 7.36. The number of carbonyl (C=O) groups is 1. The van der Waals surface area contributed by atoms with Crippen molar-refractivity contribution >= 4 is 27.5 Å². The van der Waals surface area contributed by atoms with Crippen molar-refractivity contribution in [1.82, 2.24) is 14.6 Å². The summed E-state index contributed by atoms with van der Waals surface area (Å²) in [7, 11) is -9.72. The third-order valence-electron chi connectivity index (χ3n) is 6.20. The van der Waals surface area contributed by atoms with Crippen LogP contribution >= 0.6 is 10.2 Å². The Bertz CT molecular complexity index is 1140. The van der Waals surface area contributed by atoms with Crippen LogP contribution in [0.4, 0.5) is 25.1 Å². The van der Waals surface area contributed by atoms with Crippen molar-refractivity contribution in [1.29, 1.82) is 0 Å². The van der Waals surface area contributed by atoms with Gasteiger partial charge >= 0.3 is 10.2 Å². The number of carbonyl (C=O) groups excluding carboxylic acids is 1. The maximum absolute atomic E-state index is 12.8. The van der Waals surface area contributed by atoms with E-state index in [2.05, 4.69) is 15.4 Å². The van der Waals surface area contributed by atoms with E-state index in [0.717, 1.165) is 49.2 Å². The molecule has 4 rings (SSSR count). The Morgan fingerprint density at radius 1 is 1.00 bits per heavy atom. The van der Waals surface area contributed by atoms with E-state index < -0.39 is 15.1 Å². The largest absolute Gasteiger partial charge is 0.326 e. The average Bonchev–Trinajstić information content (AvgIpc) is 3.21. The minimum Gasteiger partial charge on any atom is -0.326 e. The first-order valence-corrected chi connectivity index (χ1v) is 12.2. The zero-order valence-electron chi connectivity index (χ0n) is 17.2. The van der Waals surface area contributed by atoms with Crippen molar-refractivity contribution in [2.45, 2.75) is 43.4 Å². The fraction of sp³-hybridized carbons (Fsp3) is 0.381. The lowest BCUT2D eigenvalue weighted by molar-refractivity contribution is -0.121. The number of nitrogens with one attached hydrogen (secondary N) is 1. The van der Waals surface area contributed by atoms with Gasteiger partial charge in [-0.15, -0.1) is 0 Å². The van der Waals surface area contributed by atoms with Gasteiger partial charge in [-0.2, -0.15) is 5.10 Å². The lowest BCUT2D eigenvalue weighted by atomic mass is 9.75. The molecule has 11 heteroatoms. The van der Waals surface area contributed by atoms with Gasteiger partial charge in [0.15, 0.2) is 5.65 Å². The molecule has 174 valence electrons. The van der Waals surface area contributed by atoms with Gasteiger partial charge < -0.3 is 5.32 Å². The number of hydrogen-bond donors (Lipinski definition) is 1. The Labute approximate surface area is 181 Å². The van der Waals surface area contributed by atoms with Crippen LogP contribution in [0.1, 0.15) is 44.2 Å². The second-order valence-corrected chi connectivity index (χ2v) is 10.8. The van der Waals surface area contributed by atoms with E-state index in [1.54, 1.807) is 19.3 Å². The van der Waals surface area contributed by atoms with Crippen molar-refractivity contribution in [2.75, 3.05) is 5.32 Å². The minimum absolute atomic E-state index is 0.0546. The summed E-state index contributed by atoms with van der Waals surface area (Å²) >= 11 is 0. The van der Waals surface area contributed by atoms with E-state index in [-0.39, 0.29) is 23.4 Å². The molecule has 0 spiro atoms. The number of anilines is 1. The number of nitrogens with zero attached hydrogens (tertiary/aromatic N) is 3. The van der Waals surface area contributed by atoms with Gasteiger partial charge in [-0.3, -0.25) is 4.79 Å². The van der Waals surface area contributed by atoms with Crippen molar-refractivity contribution in [3.63, 3.8) is 0 Å². The second kappa shape index (κ2) is 7.16. The summed E-state index contributed by atoms with van der Waals surface area (Å²) in [6, 6.07) is 6.11. The number of rotatable bonds is 5. The number of hydrogen-bond acceptors (Lipinski definition) is 3. The molecule has 32 heavy (non-hydrogen) atoms. The van der Waals surface area contributed by atoms with Gasteiger partial charge in [-0.25, -0.2) is 9.50 Å². The molecule has 1 aliphatic carbocycles. The molecule has 1 aromatic carbocycles. The van der Waals surface area contributed by atoms with E-state index in [9.17, 15) is 24.2 Å². The smallest absolute Gasteiger partial charge is 0.310 e. The predicted octanol–water partition coefficient (Wildman–Crippen LogP) is 6.94. The van der Waals surface area contributed by atoms with E-state index in [4.69, 9.17) is 0 Å². The van der Waals surface area contributed by atoms with E-state index in [0.29, 0.717) is 18.1 Å². The maximum atomic E-state index is 12.8. The Kier molecular flexibility index (Phi) is 5.03. The van der Waals surface area contributed by atoms with Crippen molar-refractivity contribution in [3.8, 4) is 0 Å². The van der Waals surface area contributed by atoms with Crippen LogP contribution in [-0.4, -0.2) is 20.5 Å². The van der Waals surface area contributed by atoms with Crippen molar-refractivity contribution < 1.29 is 24.2 Å². The van der Waals surface area contributed by atoms with Crippen LogP contribution in [0.25, 0.3) is 5.65 Å². The normalized spacial score (nSPS) is 22.7. The predicted molar refractivity (Wildman–Crippen MR) is 113 cm³/mol. The first kappa shape index (κ1) is 22.5. The molecule has 1 unspecified atom stereocenters. The molecule has 3 aromatic rings. The Morgan fingerprint density at radius 2 is 1.66 bits per heavy atom. The minimum atomic E-state index is -9.72. The van der Waals surface area contributed by atoms with Crippen LogP contribution in [-0.2, 0) is 4.79 Å². The highest BCUT2D eigenvalue weighted by molar-refractivity contribution is 8.45. The van der Waals surface area contributed by atoms with Gasteiger partial charge in [-0.05, 0) is 61.9 Å². The summed E-state index contributed by atoms with van der Waals surface area (Å²) in [6.45, 7) is 1.78. The fourth-order valence-electron chi connectivity index (χ4n) is 4.34. The quantitative estimate of drug-likeness (QED) is 0.408. The van der Waals surface area contributed by atoms with Gasteiger partial charge in [0.1, 0.15) is 4.90 Å². The summed E-state index contributed by atoms with van der Waals surface area (Å²) < 4.78 is 66.0. The summed E-state index contributed by atoms with van der Waals surface area (Å²) in [5.41, 5.74) is 1.92. The lowest BCUT2D eigenvalue weighted by Gasteiger charge is -2.40. The Balaban J connectivity index is 1.37. The molecule has 2 aromatic heterocycles. The van der Waals surface area contributed by atoms with Gasteiger partial charge in [0, 0.05) is 35.5 Å². The van der Waals surface area contributed by atoms with Crippen LogP contribution in [0.3, 0.4) is 0 Å². The van der Waals surface area contributed by atoms with Crippen LogP contribution in [0.5, 0.6) is 0 Å². The van der Waals surface area contributed by atoms with Crippen molar-refractivity contribution in [3.05, 3.63) is 54.5 Å². The Hall–Kier alpha value is -2.69. The first-order chi connectivity index (χ1) is 14.8. The van der Waals surface area contributed by atoms with E-state index >= 15 is 0 Å². The number of fused-ring (bicyclic) bond motifs is 1. The first-order valence-electron chi connectivity index (χ1n) is 10.3. The molecule has 2 heterocycles. The molecule has 1 amide bonds. The molecule has 0 aliphatic heterocycles. The van der Waals surface area contributed by atoms with Crippen LogP contribution in [0, 0.1) is 11.8 Å². The van der Waals surface area contributed by atoms with Gasteiger partial charge in [0.25, 0.3) is 0 Å². The molecular weight excluding hydrogens is 451 g/mol. The molecule has 0 saturated heterocycles. The lowest BCUT2D eigenvalue weighted by Crippen LogP contribution is -2.30. The van der Waals surface area contributed by atoms with Crippen LogP contribution in [0.15, 0.2) is 53.7 Å². The van der Waals surface area contributed by atoms with Gasteiger partial charge in [-0.1, -0.05) is 26.4 Å². The number of aromatic nitrogens is 3. The molecule has 1 saturated carbocycles. The number of benzene rings is 1. The standard InChI is InChI=1S/C21H23F5N4OS/c1-14(21(31)29-17-6-8-18(9-7-17)32(22,23,24,25)26)15-2-4-16(5-3-15)19-10-12-27-20-11-13-28-30(19)20/h6-16H,2-5H2,1H3,(H,29,31). The Morgan fingerprint density at radius 3 is 2.28 bits per heavy atom. The van der Waals surface area contributed by atoms with E-state index in [1.807, 2.05) is 16.6 Å². The summed E-state index contributed by atoms with van der Waals surface area (Å²) in [4.78, 5) is 14.9. The molecule has 1 aliphatic rings. The highest BCUT2D eigenvalue weighted by Crippen LogP contribution is 3.02. The highest BCUT2D eigenvalue weighted by Gasteiger charge is 2.65. The SMILES string of the molecule is CC(C(=O)Nc1ccc(S(F)(F)(F)(F)F)cc1)C1CCC(c2ccnc3ccnn23)CC1. The van der Waals surface area contributed by atoms with Gasteiger partial charge in [0.2, 0.25) is 5.91 Å². The second-order valence-electron chi connectivity index (χ2n) is 8.35. The molecule has 0 bridgehead atoms. The monoisotopic (exact) mass is 474 g/mol. The zero-order chi connectivity index (χ0) is 23.2. The molecule has 5 nitrogen and oxygen atoms in total. The molecule has 1 atom stereocenters. The molecule has 0 radical (unpaired) electrons. The summed E-state index contributed by atoms with van der Waals surface area (Å²) in [5.74, 6) is -0.295. The number of halogens is 5. The topological polar surface area (TPSA) is 59.3 Å². The zero-order valence-corrected chi connectivity index (χ0v) is 18.0. The molecular formula is C21H23F5N4OS. The molecule has 1 N–H and O–H groups in total. The fourth-order valence-corrected chi connectivity index (χ4v) is 4.99. The van der Waals surface area contributed by atoms with Crippen LogP contribution in [0.2, 0.25) is 0 Å². The summed E-state index contributed by atoms with van der Waals surface area (Å²) in [5, 5.41) is 6.87. The average molecular weight is 474 g/mol. The molecule has 1 fully saturated rings. The van der Waals surface area contributed by atoms with Gasteiger partial charge in [0.05, 0.1) is 6.20 Å². The summed E-state index contributed by atoms with van der Waals surface area (Å²) in [6.07, 6.45) is 6.84. The highest BCUT2D eigenvalue weighted by atomic mass is 32.5. The van der Waals surface area contributed by atoms with E-state index in [1.165, 1.54) is 0 Å². The maximum Gasteiger partial charge on any atom is 0.310 e. The third kappa shape index (κ3) is 4.72.